The van der Waals surface area contributed by atoms with Crippen LogP contribution < -0.4 is 4.90 Å². The van der Waals surface area contributed by atoms with E-state index in [4.69, 9.17) is 0 Å². The van der Waals surface area contributed by atoms with Gasteiger partial charge in [0.2, 0.25) is 5.91 Å². The van der Waals surface area contributed by atoms with Gasteiger partial charge in [0.1, 0.15) is 5.41 Å². The van der Waals surface area contributed by atoms with E-state index >= 15 is 0 Å². The van der Waals surface area contributed by atoms with Crippen molar-refractivity contribution in [3.8, 4) is 0 Å². The van der Waals surface area contributed by atoms with Gasteiger partial charge in [0.25, 0.3) is 0 Å². The molecule has 1 aromatic rings. The molecule has 0 bridgehead atoms. The summed E-state index contributed by atoms with van der Waals surface area (Å²) in [4.78, 5) is 15.1. The van der Waals surface area contributed by atoms with Gasteiger partial charge in [-0.25, -0.2) is 0 Å². The van der Waals surface area contributed by atoms with Crippen LogP contribution in [0.5, 0.6) is 0 Å². The van der Waals surface area contributed by atoms with E-state index in [1.54, 1.807) is 0 Å². The van der Waals surface area contributed by atoms with Crippen molar-refractivity contribution in [3.63, 3.8) is 0 Å². The van der Waals surface area contributed by atoms with Gasteiger partial charge in [0.15, 0.2) is 0 Å². The maximum atomic E-state index is 13.1. The van der Waals surface area contributed by atoms with Crippen LogP contribution in [0.25, 0.3) is 0 Å². The van der Waals surface area contributed by atoms with E-state index in [1.807, 2.05) is 17.0 Å². The molecule has 1 aliphatic heterocycles. The van der Waals surface area contributed by atoms with Gasteiger partial charge >= 0.3 is 0 Å². The topological polar surface area (TPSA) is 20.3 Å². The summed E-state index contributed by atoms with van der Waals surface area (Å²) in [6.45, 7) is 5.06. The number of unbranched alkanes of at least 4 members (excludes halogenated alkanes) is 1. The highest BCUT2D eigenvalue weighted by molar-refractivity contribution is 6.12. The van der Waals surface area contributed by atoms with Crippen molar-refractivity contribution in [2.45, 2.75) is 38.5 Å². The minimum Gasteiger partial charge on any atom is -0.311 e. The maximum absolute atomic E-state index is 13.1. The monoisotopic (exact) mass is 267 g/mol. The molecule has 1 unspecified atom stereocenters. The molecule has 104 valence electrons. The molecule has 1 aliphatic carbocycles. The molecule has 0 saturated carbocycles. The minimum atomic E-state index is -0.539. The van der Waals surface area contributed by atoms with E-state index in [0.29, 0.717) is 0 Å². The van der Waals surface area contributed by atoms with Crippen molar-refractivity contribution in [1.29, 1.82) is 0 Å². The lowest BCUT2D eigenvalue weighted by Gasteiger charge is -2.29. The SMILES string of the molecule is CCCCN1C(=O)C2(C=CCC=C2C)c2ccccc21. The molecule has 0 saturated heterocycles. The number of anilines is 1. The van der Waals surface area contributed by atoms with Gasteiger partial charge in [-0.05, 0) is 31.4 Å². The average molecular weight is 267 g/mol. The fourth-order valence-electron chi connectivity index (χ4n) is 3.34. The van der Waals surface area contributed by atoms with Crippen LogP contribution in [0.2, 0.25) is 0 Å². The lowest BCUT2D eigenvalue weighted by molar-refractivity contribution is -0.120. The molecule has 0 fully saturated rings. The van der Waals surface area contributed by atoms with E-state index < -0.39 is 5.41 Å². The van der Waals surface area contributed by atoms with Crippen LogP contribution in [0.3, 0.4) is 0 Å². The third-order valence-electron chi connectivity index (χ3n) is 4.49. The lowest BCUT2D eigenvalue weighted by atomic mass is 9.73. The molecule has 1 amide bonds. The molecule has 0 aromatic heterocycles. The van der Waals surface area contributed by atoms with Crippen molar-refractivity contribution in [2.24, 2.45) is 0 Å². The zero-order valence-corrected chi connectivity index (χ0v) is 12.2. The van der Waals surface area contributed by atoms with Crippen molar-refractivity contribution < 1.29 is 4.79 Å². The molecule has 2 aliphatic rings. The first kappa shape index (κ1) is 13.2. The van der Waals surface area contributed by atoms with Crippen LogP contribution >= 0.6 is 0 Å². The second kappa shape index (κ2) is 4.93. The second-order valence-electron chi connectivity index (χ2n) is 5.66. The van der Waals surface area contributed by atoms with Crippen molar-refractivity contribution in [3.05, 3.63) is 53.6 Å². The molecule has 1 atom stereocenters. The highest BCUT2D eigenvalue weighted by atomic mass is 16.2. The van der Waals surface area contributed by atoms with Gasteiger partial charge < -0.3 is 4.90 Å². The first-order valence-electron chi connectivity index (χ1n) is 7.48. The molecule has 0 radical (unpaired) electrons. The second-order valence-corrected chi connectivity index (χ2v) is 5.66. The summed E-state index contributed by atoms with van der Waals surface area (Å²) >= 11 is 0. The number of nitrogens with zero attached hydrogens (tertiary/aromatic N) is 1. The van der Waals surface area contributed by atoms with Crippen molar-refractivity contribution in [2.75, 3.05) is 11.4 Å². The minimum absolute atomic E-state index is 0.219. The summed E-state index contributed by atoms with van der Waals surface area (Å²) in [7, 11) is 0. The Bertz CT molecular complexity index is 599. The summed E-state index contributed by atoms with van der Waals surface area (Å²) < 4.78 is 0. The molecule has 1 heterocycles. The average Bonchev–Trinajstić information content (AvgIpc) is 2.71. The van der Waals surface area contributed by atoms with E-state index in [9.17, 15) is 4.79 Å². The van der Waals surface area contributed by atoms with E-state index in [2.05, 4.69) is 44.2 Å². The molecule has 1 spiro atoms. The summed E-state index contributed by atoms with van der Waals surface area (Å²) in [6.07, 6.45) is 9.47. The molecule has 3 rings (SSSR count). The van der Waals surface area contributed by atoms with Crippen LogP contribution in [0.4, 0.5) is 5.69 Å². The number of para-hydroxylation sites is 1. The van der Waals surface area contributed by atoms with Gasteiger partial charge in [0.05, 0.1) is 0 Å². The van der Waals surface area contributed by atoms with Gasteiger partial charge in [-0.1, -0.05) is 55.3 Å². The van der Waals surface area contributed by atoms with Crippen LogP contribution in [0, 0.1) is 0 Å². The lowest BCUT2D eigenvalue weighted by Crippen LogP contribution is -2.41. The summed E-state index contributed by atoms with van der Waals surface area (Å²) in [6, 6.07) is 8.24. The number of carbonyl (C=O) groups excluding carboxylic acids is 1. The quantitative estimate of drug-likeness (QED) is 0.759. The zero-order valence-electron chi connectivity index (χ0n) is 12.2. The Labute approximate surface area is 120 Å². The molecule has 1 aromatic carbocycles. The Morgan fingerprint density at radius 3 is 2.85 bits per heavy atom. The normalized spacial score (nSPS) is 24.2. The largest absolute Gasteiger partial charge is 0.311 e. The van der Waals surface area contributed by atoms with Crippen LogP contribution in [-0.2, 0) is 10.2 Å². The molecule has 2 nitrogen and oxygen atoms in total. The number of amides is 1. The van der Waals surface area contributed by atoms with Gasteiger partial charge in [0, 0.05) is 12.2 Å². The molecule has 2 heteroatoms. The fourth-order valence-corrected chi connectivity index (χ4v) is 3.34. The fraction of sp³-hybridized carbons (Fsp3) is 0.389. The standard InChI is InChI=1S/C18H21NO/c1-3-4-13-19-16-11-6-5-10-15(16)18(17(19)20)12-8-7-9-14(18)2/h5-6,8-12H,3-4,7,13H2,1-2H3. The number of fused-ring (bicyclic) bond motifs is 2. The van der Waals surface area contributed by atoms with E-state index in [1.165, 1.54) is 0 Å². The smallest absolute Gasteiger partial charge is 0.245 e. The highest BCUT2D eigenvalue weighted by Crippen LogP contribution is 2.48. The highest BCUT2D eigenvalue weighted by Gasteiger charge is 2.50. The number of benzene rings is 1. The number of hydrogen-bond donors (Lipinski definition) is 0. The zero-order chi connectivity index (χ0) is 14.2. The molecule has 0 N–H and O–H groups in total. The van der Waals surface area contributed by atoms with Gasteiger partial charge in [-0.15, -0.1) is 0 Å². The number of rotatable bonds is 3. The van der Waals surface area contributed by atoms with Crippen LogP contribution in [0.15, 0.2) is 48.1 Å². The van der Waals surface area contributed by atoms with E-state index in [0.717, 1.165) is 42.6 Å². The predicted molar refractivity (Wildman–Crippen MR) is 82.9 cm³/mol. The Hall–Kier alpha value is -1.83. The Morgan fingerprint density at radius 1 is 1.30 bits per heavy atom. The number of allylic oxidation sites excluding steroid dienone is 2. The number of carbonyl (C=O) groups is 1. The molecule has 20 heavy (non-hydrogen) atoms. The van der Waals surface area contributed by atoms with Crippen molar-refractivity contribution in [1.82, 2.24) is 0 Å². The van der Waals surface area contributed by atoms with Crippen LogP contribution in [0.1, 0.15) is 38.7 Å². The van der Waals surface area contributed by atoms with E-state index in [-0.39, 0.29) is 5.91 Å². The molecular formula is C18H21NO. The van der Waals surface area contributed by atoms with Gasteiger partial charge in [-0.3, -0.25) is 4.79 Å². The third-order valence-corrected chi connectivity index (χ3v) is 4.49. The Balaban J connectivity index is 2.14. The maximum Gasteiger partial charge on any atom is 0.245 e. The summed E-state index contributed by atoms with van der Waals surface area (Å²) in [5.41, 5.74) is 2.86. The third kappa shape index (κ3) is 1.67. The first-order valence-corrected chi connectivity index (χ1v) is 7.48. The van der Waals surface area contributed by atoms with Crippen LogP contribution in [-0.4, -0.2) is 12.5 Å². The van der Waals surface area contributed by atoms with Crippen molar-refractivity contribution >= 4 is 11.6 Å². The van der Waals surface area contributed by atoms with Gasteiger partial charge in [-0.2, -0.15) is 0 Å². The Kier molecular flexibility index (Phi) is 3.25. The summed E-state index contributed by atoms with van der Waals surface area (Å²) in [5, 5.41) is 0. The summed E-state index contributed by atoms with van der Waals surface area (Å²) in [5.74, 6) is 0.219. The molecular weight excluding hydrogens is 246 g/mol. The number of hydrogen-bond acceptors (Lipinski definition) is 1. The predicted octanol–water partition coefficient (Wildman–Crippen LogP) is 3.98. The first-order chi connectivity index (χ1) is 9.71. The Morgan fingerprint density at radius 2 is 2.10 bits per heavy atom.